The molecule has 3 aromatic rings. The first-order valence-electron chi connectivity index (χ1n) is 7.59. The van der Waals surface area contributed by atoms with E-state index in [1.165, 1.54) is 0 Å². The van der Waals surface area contributed by atoms with Crippen molar-refractivity contribution in [3.63, 3.8) is 0 Å². The summed E-state index contributed by atoms with van der Waals surface area (Å²) >= 11 is 6.12. The summed E-state index contributed by atoms with van der Waals surface area (Å²) in [6.45, 7) is 0. The molecule has 0 spiro atoms. The van der Waals surface area contributed by atoms with Crippen LogP contribution in [-0.4, -0.2) is 18.0 Å². The number of nitrogens with one attached hydrogen (secondary N) is 2. The van der Waals surface area contributed by atoms with Gasteiger partial charge in [-0.25, -0.2) is 4.98 Å². The summed E-state index contributed by atoms with van der Waals surface area (Å²) in [5, 5.41) is 6.46. The molecule has 2 aromatic carbocycles. The van der Waals surface area contributed by atoms with Crippen molar-refractivity contribution in [2.45, 2.75) is 0 Å². The average molecular weight is 354 g/mol. The molecule has 126 valence electrons. The van der Waals surface area contributed by atoms with E-state index in [4.69, 9.17) is 16.3 Å². The van der Waals surface area contributed by atoms with Gasteiger partial charge in [0.25, 0.3) is 5.91 Å². The standard InChI is InChI=1S/C19H16ClN3O2/c1-25-17-8-7-15(12-16(17)20)22-18-11-13(9-10-21-18)19(24)23-14-5-3-2-4-6-14/h2-12H,1H3,(H,21,22)(H,23,24). The van der Waals surface area contributed by atoms with Crippen molar-refractivity contribution in [2.24, 2.45) is 0 Å². The second-order valence-electron chi connectivity index (χ2n) is 5.22. The Hall–Kier alpha value is -3.05. The fourth-order valence-electron chi connectivity index (χ4n) is 2.26. The van der Waals surface area contributed by atoms with E-state index in [1.807, 2.05) is 36.4 Å². The number of carbonyl (C=O) groups excluding carboxylic acids is 1. The first-order chi connectivity index (χ1) is 12.2. The van der Waals surface area contributed by atoms with Gasteiger partial charge in [0.15, 0.2) is 0 Å². The van der Waals surface area contributed by atoms with Gasteiger partial charge in [0.2, 0.25) is 0 Å². The van der Waals surface area contributed by atoms with Gasteiger partial charge in [-0.1, -0.05) is 29.8 Å². The summed E-state index contributed by atoms with van der Waals surface area (Å²) in [6.07, 6.45) is 1.58. The molecular formula is C19H16ClN3O2. The minimum Gasteiger partial charge on any atom is -0.495 e. The molecule has 1 amide bonds. The summed E-state index contributed by atoms with van der Waals surface area (Å²) in [5.41, 5.74) is 1.99. The number of amides is 1. The fraction of sp³-hybridized carbons (Fsp3) is 0.0526. The van der Waals surface area contributed by atoms with Crippen LogP contribution in [0.2, 0.25) is 5.02 Å². The van der Waals surface area contributed by atoms with Crippen molar-refractivity contribution in [1.82, 2.24) is 4.98 Å². The molecule has 0 aliphatic carbocycles. The Kier molecular flexibility index (Phi) is 5.16. The molecule has 0 unspecified atom stereocenters. The van der Waals surface area contributed by atoms with Gasteiger partial charge in [-0.2, -0.15) is 0 Å². The Morgan fingerprint density at radius 1 is 1.04 bits per heavy atom. The first-order valence-corrected chi connectivity index (χ1v) is 7.96. The third-order valence-corrected chi connectivity index (χ3v) is 3.77. The van der Waals surface area contributed by atoms with Crippen LogP contribution >= 0.6 is 11.6 Å². The predicted octanol–water partition coefficient (Wildman–Crippen LogP) is 4.74. The summed E-state index contributed by atoms with van der Waals surface area (Å²) in [5.74, 6) is 0.933. The van der Waals surface area contributed by atoms with Crippen molar-refractivity contribution < 1.29 is 9.53 Å². The Balaban J connectivity index is 1.75. The predicted molar refractivity (Wildman–Crippen MR) is 99.9 cm³/mol. The summed E-state index contributed by atoms with van der Waals surface area (Å²) in [6, 6.07) is 17.9. The smallest absolute Gasteiger partial charge is 0.255 e. The lowest BCUT2D eigenvalue weighted by Crippen LogP contribution is -2.12. The minimum absolute atomic E-state index is 0.204. The highest BCUT2D eigenvalue weighted by molar-refractivity contribution is 6.32. The van der Waals surface area contributed by atoms with E-state index in [2.05, 4.69) is 15.6 Å². The SMILES string of the molecule is COc1ccc(Nc2cc(C(=O)Nc3ccccc3)ccn2)cc1Cl. The van der Waals surface area contributed by atoms with Gasteiger partial charge in [0.1, 0.15) is 11.6 Å². The van der Waals surface area contributed by atoms with E-state index in [1.54, 1.807) is 37.6 Å². The van der Waals surface area contributed by atoms with E-state index in [-0.39, 0.29) is 5.91 Å². The number of nitrogens with zero attached hydrogens (tertiary/aromatic N) is 1. The van der Waals surface area contributed by atoms with Crippen molar-refractivity contribution >= 4 is 34.7 Å². The number of pyridine rings is 1. The largest absolute Gasteiger partial charge is 0.495 e. The number of carbonyl (C=O) groups is 1. The Labute approximate surface area is 150 Å². The number of hydrogen-bond donors (Lipinski definition) is 2. The quantitative estimate of drug-likeness (QED) is 0.695. The monoisotopic (exact) mass is 353 g/mol. The molecule has 0 bridgehead atoms. The van der Waals surface area contributed by atoms with Crippen LogP contribution in [-0.2, 0) is 0 Å². The Morgan fingerprint density at radius 2 is 1.84 bits per heavy atom. The molecule has 6 heteroatoms. The number of para-hydroxylation sites is 1. The van der Waals surface area contributed by atoms with Crippen LogP contribution in [0.3, 0.4) is 0 Å². The molecule has 1 heterocycles. The Bertz CT molecular complexity index is 885. The lowest BCUT2D eigenvalue weighted by atomic mass is 10.2. The minimum atomic E-state index is -0.204. The molecule has 25 heavy (non-hydrogen) atoms. The maximum atomic E-state index is 12.4. The third-order valence-electron chi connectivity index (χ3n) is 3.48. The van der Waals surface area contributed by atoms with E-state index >= 15 is 0 Å². The maximum absolute atomic E-state index is 12.4. The van der Waals surface area contributed by atoms with E-state index < -0.39 is 0 Å². The molecule has 1 aromatic heterocycles. The number of ether oxygens (including phenoxy) is 1. The molecule has 3 rings (SSSR count). The van der Waals surface area contributed by atoms with Crippen molar-refractivity contribution in [3.8, 4) is 5.75 Å². The zero-order valence-corrected chi connectivity index (χ0v) is 14.2. The maximum Gasteiger partial charge on any atom is 0.255 e. The number of methoxy groups -OCH3 is 1. The van der Waals surface area contributed by atoms with Crippen LogP contribution in [0.15, 0.2) is 66.9 Å². The second kappa shape index (κ2) is 7.68. The highest BCUT2D eigenvalue weighted by Gasteiger charge is 2.08. The number of hydrogen-bond acceptors (Lipinski definition) is 4. The van der Waals surface area contributed by atoms with Crippen LogP contribution in [0, 0.1) is 0 Å². The number of aromatic nitrogens is 1. The number of benzene rings is 2. The zero-order valence-electron chi connectivity index (χ0n) is 13.5. The lowest BCUT2D eigenvalue weighted by molar-refractivity contribution is 0.102. The number of halogens is 1. The van der Waals surface area contributed by atoms with Crippen LogP contribution in [0.5, 0.6) is 5.75 Å². The molecule has 0 atom stereocenters. The van der Waals surface area contributed by atoms with Gasteiger partial charge in [-0.15, -0.1) is 0 Å². The van der Waals surface area contributed by atoms with Crippen LogP contribution in [0.25, 0.3) is 0 Å². The molecule has 0 saturated heterocycles. The average Bonchev–Trinajstić information content (AvgIpc) is 2.63. The molecule has 2 N–H and O–H groups in total. The topological polar surface area (TPSA) is 63.2 Å². The van der Waals surface area contributed by atoms with E-state index in [9.17, 15) is 4.79 Å². The lowest BCUT2D eigenvalue weighted by Gasteiger charge is -2.10. The van der Waals surface area contributed by atoms with Gasteiger partial charge < -0.3 is 15.4 Å². The molecule has 0 aliphatic heterocycles. The zero-order chi connectivity index (χ0) is 17.6. The molecule has 0 saturated carbocycles. The second-order valence-corrected chi connectivity index (χ2v) is 5.63. The summed E-state index contributed by atoms with van der Waals surface area (Å²) < 4.78 is 5.13. The highest BCUT2D eigenvalue weighted by atomic mass is 35.5. The normalized spacial score (nSPS) is 10.2. The number of rotatable bonds is 5. The van der Waals surface area contributed by atoms with Crippen molar-refractivity contribution in [2.75, 3.05) is 17.7 Å². The van der Waals surface area contributed by atoms with Crippen molar-refractivity contribution in [3.05, 3.63) is 77.4 Å². The van der Waals surface area contributed by atoms with Gasteiger partial charge in [0.05, 0.1) is 12.1 Å². The third kappa shape index (κ3) is 4.28. The Morgan fingerprint density at radius 3 is 2.56 bits per heavy atom. The van der Waals surface area contributed by atoms with Gasteiger partial charge in [-0.3, -0.25) is 4.79 Å². The molecule has 5 nitrogen and oxygen atoms in total. The molecule has 0 radical (unpaired) electrons. The van der Waals surface area contributed by atoms with Crippen molar-refractivity contribution in [1.29, 1.82) is 0 Å². The van der Waals surface area contributed by atoms with Crippen LogP contribution < -0.4 is 15.4 Å². The van der Waals surface area contributed by atoms with Crippen LogP contribution in [0.1, 0.15) is 10.4 Å². The highest BCUT2D eigenvalue weighted by Crippen LogP contribution is 2.28. The van der Waals surface area contributed by atoms with Gasteiger partial charge in [0, 0.05) is 23.1 Å². The molecular weight excluding hydrogens is 338 g/mol. The van der Waals surface area contributed by atoms with Gasteiger partial charge in [-0.05, 0) is 42.5 Å². The molecule has 0 aliphatic rings. The van der Waals surface area contributed by atoms with Crippen LogP contribution in [0.4, 0.5) is 17.2 Å². The fourth-order valence-corrected chi connectivity index (χ4v) is 2.51. The van der Waals surface area contributed by atoms with E-state index in [0.717, 1.165) is 11.4 Å². The summed E-state index contributed by atoms with van der Waals surface area (Å²) in [4.78, 5) is 16.6. The summed E-state index contributed by atoms with van der Waals surface area (Å²) in [7, 11) is 1.56. The molecule has 0 fully saturated rings. The van der Waals surface area contributed by atoms with E-state index in [0.29, 0.717) is 22.2 Å². The number of anilines is 3. The first kappa shape index (κ1) is 16.8. The van der Waals surface area contributed by atoms with Gasteiger partial charge >= 0.3 is 0 Å².